The number of rotatable bonds is 16. The van der Waals surface area contributed by atoms with Crippen LogP contribution in [-0.4, -0.2) is 23.7 Å². The van der Waals surface area contributed by atoms with E-state index in [1.807, 2.05) is 0 Å². The van der Waals surface area contributed by atoms with E-state index < -0.39 is 11.9 Å². The van der Waals surface area contributed by atoms with Crippen molar-refractivity contribution in [1.29, 1.82) is 0 Å². The molecule has 134 valence electrons. The van der Waals surface area contributed by atoms with Gasteiger partial charge in [0.05, 0.1) is 13.0 Å². The molecule has 1 N–H and O–H groups in total. The molecule has 0 aromatic heterocycles. The fourth-order valence-electron chi connectivity index (χ4n) is 2.43. The smallest absolute Gasteiger partial charge is 0.331 e. The van der Waals surface area contributed by atoms with Crippen molar-refractivity contribution < 1.29 is 19.4 Å². The molecule has 0 amide bonds. The number of carboxylic acid groups (broad SMARTS) is 1. The molecule has 0 heterocycles. The highest BCUT2D eigenvalue weighted by Crippen LogP contribution is 2.12. The average molecular weight is 326 g/mol. The van der Waals surface area contributed by atoms with Crippen LogP contribution in [0.25, 0.3) is 0 Å². The van der Waals surface area contributed by atoms with Crippen LogP contribution in [0.15, 0.2) is 12.2 Å². The van der Waals surface area contributed by atoms with E-state index in [0.717, 1.165) is 12.8 Å². The topological polar surface area (TPSA) is 63.6 Å². The van der Waals surface area contributed by atoms with Gasteiger partial charge in [0.25, 0.3) is 0 Å². The van der Waals surface area contributed by atoms with Crippen LogP contribution in [0.3, 0.4) is 0 Å². The Balaban J connectivity index is 3.23. The fraction of sp³-hybridized carbons (Fsp3) is 0.789. The van der Waals surface area contributed by atoms with Gasteiger partial charge in [-0.05, 0) is 6.42 Å². The van der Waals surface area contributed by atoms with Crippen molar-refractivity contribution >= 4 is 11.9 Å². The number of carboxylic acids is 1. The minimum Gasteiger partial charge on any atom is -0.478 e. The summed E-state index contributed by atoms with van der Waals surface area (Å²) in [4.78, 5) is 21.8. The number of hydrogen-bond acceptors (Lipinski definition) is 3. The summed E-state index contributed by atoms with van der Waals surface area (Å²) in [7, 11) is 0. The third-order valence-corrected chi connectivity index (χ3v) is 3.92. The molecular weight excluding hydrogens is 292 g/mol. The van der Waals surface area contributed by atoms with Gasteiger partial charge in [-0.3, -0.25) is 4.79 Å². The summed E-state index contributed by atoms with van der Waals surface area (Å²) in [6, 6.07) is 0. The highest BCUT2D eigenvalue weighted by atomic mass is 16.5. The Morgan fingerprint density at radius 3 is 1.70 bits per heavy atom. The minimum absolute atomic E-state index is 0.121. The third kappa shape index (κ3) is 15.4. The lowest BCUT2D eigenvalue weighted by Crippen LogP contribution is -2.10. The second kappa shape index (κ2) is 15.6. The molecule has 23 heavy (non-hydrogen) atoms. The van der Waals surface area contributed by atoms with Crippen LogP contribution in [0.5, 0.6) is 0 Å². The largest absolute Gasteiger partial charge is 0.478 e. The van der Waals surface area contributed by atoms with Gasteiger partial charge in [0, 0.05) is 5.57 Å². The van der Waals surface area contributed by atoms with E-state index in [9.17, 15) is 9.59 Å². The lowest BCUT2D eigenvalue weighted by atomic mass is 10.1. The Morgan fingerprint density at radius 1 is 0.826 bits per heavy atom. The maximum absolute atomic E-state index is 11.3. The van der Waals surface area contributed by atoms with Crippen molar-refractivity contribution in [3.63, 3.8) is 0 Å². The first-order valence-corrected chi connectivity index (χ1v) is 9.14. The number of ether oxygens (including phenoxy) is 1. The molecule has 0 rings (SSSR count). The Hall–Kier alpha value is -1.32. The normalized spacial score (nSPS) is 10.5. The molecule has 0 aromatic carbocycles. The number of esters is 1. The van der Waals surface area contributed by atoms with Gasteiger partial charge in [-0.2, -0.15) is 0 Å². The summed E-state index contributed by atoms with van der Waals surface area (Å²) < 4.78 is 4.99. The number of unbranched alkanes of at least 4 members (excludes halogenated alkanes) is 11. The highest BCUT2D eigenvalue weighted by Gasteiger charge is 2.10. The van der Waals surface area contributed by atoms with Gasteiger partial charge in [0.1, 0.15) is 0 Å². The molecule has 0 aliphatic heterocycles. The van der Waals surface area contributed by atoms with Crippen LogP contribution in [0.2, 0.25) is 0 Å². The van der Waals surface area contributed by atoms with Crippen molar-refractivity contribution in [2.45, 2.75) is 90.4 Å². The monoisotopic (exact) mass is 326 g/mol. The summed E-state index contributed by atoms with van der Waals surface area (Å²) in [5.74, 6) is -1.65. The van der Waals surface area contributed by atoms with Gasteiger partial charge in [0.2, 0.25) is 0 Å². The van der Waals surface area contributed by atoms with Crippen molar-refractivity contribution in [2.24, 2.45) is 0 Å². The van der Waals surface area contributed by atoms with Gasteiger partial charge in [-0.25, -0.2) is 4.79 Å². The van der Waals surface area contributed by atoms with E-state index >= 15 is 0 Å². The summed E-state index contributed by atoms with van der Waals surface area (Å²) in [5, 5.41) is 8.61. The summed E-state index contributed by atoms with van der Waals surface area (Å²) in [5.41, 5.74) is -0.121. The number of carbonyl (C=O) groups excluding carboxylic acids is 1. The molecular formula is C19H34O4. The predicted molar refractivity (Wildman–Crippen MR) is 93.4 cm³/mol. The van der Waals surface area contributed by atoms with E-state index in [2.05, 4.69) is 13.5 Å². The molecule has 4 nitrogen and oxygen atoms in total. The highest BCUT2D eigenvalue weighted by molar-refractivity contribution is 5.91. The first-order chi connectivity index (χ1) is 11.1. The lowest BCUT2D eigenvalue weighted by molar-refractivity contribution is -0.144. The molecule has 0 bridgehead atoms. The molecule has 0 saturated heterocycles. The van der Waals surface area contributed by atoms with E-state index in [0.29, 0.717) is 6.61 Å². The maximum Gasteiger partial charge on any atom is 0.331 e. The first-order valence-electron chi connectivity index (χ1n) is 9.14. The zero-order chi connectivity index (χ0) is 17.3. The third-order valence-electron chi connectivity index (χ3n) is 3.92. The zero-order valence-corrected chi connectivity index (χ0v) is 14.8. The van der Waals surface area contributed by atoms with Crippen LogP contribution in [0.4, 0.5) is 0 Å². The van der Waals surface area contributed by atoms with Crippen LogP contribution in [-0.2, 0) is 14.3 Å². The van der Waals surface area contributed by atoms with Crippen molar-refractivity contribution in [1.82, 2.24) is 0 Å². The zero-order valence-electron chi connectivity index (χ0n) is 14.8. The minimum atomic E-state index is -1.15. The molecule has 4 heteroatoms. The van der Waals surface area contributed by atoms with Crippen LogP contribution in [0.1, 0.15) is 90.4 Å². The van der Waals surface area contributed by atoms with Gasteiger partial charge < -0.3 is 9.84 Å². The van der Waals surface area contributed by atoms with E-state index in [1.54, 1.807) is 0 Å². The van der Waals surface area contributed by atoms with Crippen molar-refractivity contribution in [2.75, 3.05) is 6.61 Å². The molecule has 0 saturated carbocycles. The van der Waals surface area contributed by atoms with Crippen LogP contribution in [0, 0.1) is 0 Å². The van der Waals surface area contributed by atoms with E-state index in [4.69, 9.17) is 9.84 Å². The lowest BCUT2D eigenvalue weighted by Gasteiger charge is -2.05. The molecule has 0 unspecified atom stereocenters. The quantitative estimate of drug-likeness (QED) is 0.239. The molecule has 0 aromatic rings. The predicted octanol–water partition coefficient (Wildman–Crippen LogP) is 5.26. The second-order valence-corrected chi connectivity index (χ2v) is 6.20. The van der Waals surface area contributed by atoms with Gasteiger partial charge >= 0.3 is 11.9 Å². The Morgan fingerprint density at radius 2 is 1.26 bits per heavy atom. The van der Waals surface area contributed by atoms with Gasteiger partial charge in [-0.1, -0.05) is 84.1 Å². The number of carbonyl (C=O) groups is 2. The molecule has 0 radical (unpaired) electrons. The SMILES string of the molecule is C=C(CC(=O)OCCCCCCCCCCCCCC)C(=O)O. The number of aliphatic carboxylic acids is 1. The summed E-state index contributed by atoms with van der Waals surface area (Å²) in [6.45, 7) is 5.93. The maximum atomic E-state index is 11.3. The molecule has 0 spiro atoms. The average Bonchev–Trinajstić information content (AvgIpc) is 2.51. The van der Waals surface area contributed by atoms with Crippen LogP contribution >= 0.6 is 0 Å². The Kier molecular flexibility index (Phi) is 14.7. The van der Waals surface area contributed by atoms with Gasteiger partial charge in [-0.15, -0.1) is 0 Å². The summed E-state index contributed by atoms with van der Waals surface area (Å²) >= 11 is 0. The van der Waals surface area contributed by atoms with Crippen LogP contribution < -0.4 is 0 Å². The molecule has 0 atom stereocenters. The Bertz CT molecular complexity index is 336. The van der Waals surface area contributed by atoms with E-state index in [-0.39, 0.29) is 12.0 Å². The standard InChI is InChI=1S/C19H34O4/c1-3-4-5-6-7-8-9-10-11-12-13-14-15-23-18(20)16-17(2)19(21)22/h2-16H2,1H3,(H,21,22). The van der Waals surface area contributed by atoms with E-state index in [1.165, 1.54) is 64.2 Å². The first kappa shape index (κ1) is 21.7. The fourth-order valence-corrected chi connectivity index (χ4v) is 2.43. The molecule has 0 aliphatic carbocycles. The molecule has 0 fully saturated rings. The molecule has 0 aliphatic rings. The van der Waals surface area contributed by atoms with Crippen molar-refractivity contribution in [3.8, 4) is 0 Å². The Labute approximate surface area is 141 Å². The number of hydrogen-bond donors (Lipinski definition) is 1. The van der Waals surface area contributed by atoms with Crippen molar-refractivity contribution in [3.05, 3.63) is 12.2 Å². The van der Waals surface area contributed by atoms with Gasteiger partial charge in [0.15, 0.2) is 0 Å². The second-order valence-electron chi connectivity index (χ2n) is 6.20. The summed E-state index contributed by atoms with van der Waals surface area (Å²) in [6.07, 6.45) is 14.9.